The first-order valence-electron chi connectivity index (χ1n) is 9.29. The van der Waals surface area contributed by atoms with Crippen LogP contribution in [0.4, 0.5) is 5.82 Å². The minimum absolute atomic E-state index is 0.120. The maximum Gasteiger partial charge on any atom is 0.335 e. The number of carbonyl (C=O) groups is 1. The molecule has 148 valence electrons. The monoisotopic (exact) mass is 401 g/mol. The molecule has 1 saturated heterocycles. The highest BCUT2D eigenvalue weighted by Gasteiger charge is 2.35. The van der Waals surface area contributed by atoms with Crippen LogP contribution in [0.5, 0.6) is 0 Å². The highest BCUT2D eigenvalue weighted by molar-refractivity contribution is 8.14. The molecular weight excluding hydrogens is 378 g/mol. The van der Waals surface area contributed by atoms with Crippen LogP contribution in [-0.2, 0) is 4.74 Å². The van der Waals surface area contributed by atoms with Gasteiger partial charge in [-0.25, -0.2) is 9.79 Å². The van der Waals surface area contributed by atoms with Crippen LogP contribution in [0.3, 0.4) is 0 Å². The first-order valence-corrected chi connectivity index (χ1v) is 10.2. The van der Waals surface area contributed by atoms with Crippen molar-refractivity contribution < 1.29 is 14.6 Å². The second-order valence-corrected chi connectivity index (χ2v) is 9.16. The van der Waals surface area contributed by atoms with Gasteiger partial charge in [-0.15, -0.1) is 0 Å². The molecule has 0 saturated carbocycles. The number of aromatic carboxylic acids is 1. The summed E-state index contributed by atoms with van der Waals surface area (Å²) in [7, 11) is 0. The molecule has 8 heteroatoms. The van der Waals surface area contributed by atoms with Gasteiger partial charge in [0, 0.05) is 6.61 Å². The van der Waals surface area contributed by atoms with Crippen molar-refractivity contribution in [1.82, 2.24) is 9.78 Å². The number of fused-ring (bicyclic) bond motifs is 1. The van der Waals surface area contributed by atoms with Crippen LogP contribution in [0.15, 0.2) is 34.1 Å². The van der Waals surface area contributed by atoms with Crippen molar-refractivity contribution in [2.75, 3.05) is 6.61 Å². The molecule has 28 heavy (non-hydrogen) atoms. The quantitative estimate of drug-likeness (QED) is 0.813. The lowest BCUT2D eigenvalue weighted by Gasteiger charge is -2.36. The van der Waals surface area contributed by atoms with Crippen LogP contribution in [0.25, 0.3) is 0 Å². The van der Waals surface area contributed by atoms with Crippen LogP contribution >= 0.6 is 11.8 Å². The van der Waals surface area contributed by atoms with E-state index in [1.807, 2.05) is 11.6 Å². The van der Waals surface area contributed by atoms with Gasteiger partial charge in [-0.1, -0.05) is 23.9 Å². The van der Waals surface area contributed by atoms with Crippen LogP contribution < -0.4 is 5.56 Å². The Morgan fingerprint density at radius 2 is 2.07 bits per heavy atom. The Hall–Kier alpha value is -2.32. The van der Waals surface area contributed by atoms with E-state index < -0.39 is 5.97 Å². The zero-order valence-electron chi connectivity index (χ0n) is 16.1. The normalized spacial score (nSPS) is 23.8. The van der Waals surface area contributed by atoms with E-state index in [-0.39, 0.29) is 28.0 Å². The number of aliphatic imine (C=N–C) groups is 1. The Labute approximate surface area is 166 Å². The van der Waals surface area contributed by atoms with E-state index in [1.54, 1.807) is 24.3 Å². The van der Waals surface area contributed by atoms with Gasteiger partial charge in [0.2, 0.25) is 0 Å². The third-order valence-electron chi connectivity index (χ3n) is 5.25. The van der Waals surface area contributed by atoms with Crippen LogP contribution in [-0.4, -0.2) is 38.1 Å². The Morgan fingerprint density at radius 1 is 1.36 bits per heavy atom. The standard InChI is InChI=1S/C20H23N3O4S/c1-11-21-17-15(16(28-11)12-4-6-13(7-5-12)19(25)26)18(24)22-23(17)14-8-9-27-20(2,3)10-14/h4-7,14,16H,8-10H2,1-3H3,(H,22,24)(H,25,26)/t14-,16+/m1/s1. The number of nitrogens with zero attached hydrogens (tertiary/aromatic N) is 2. The molecule has 0 spiro atoms. The topological polar surface area (TPSA) is 96.7 Å². The van der Waals surface area contributed by atoms with Crippen LogP contribution in [0, 0.1) is 0 Å². The number of aromatic amines is 1. The van der Waals surface area contributed by atoms with E-state index in [9.17, 15) is 9.59 Å². The number of aromatic nitrogens is 2. The molecule has 2 N–H and O–H groups in total. The second-order valence-electron chi connectivity index (χ2n) is 7.86. The summed E-state index contributed by atoms with van der Waals surface area (Å²) in [5.74, 6) is -0.288. The van der Waals surface area contributed by atoms with E-state index in [4.69, 9.17) is 9.84 Å². The van der Waals surface area contributed by atoms with Gasteiger partial charge in [0.15, 0.2) is 5.82 Å². The third kappa shape index (κ3) is 3.42. The van der Waals surface area contributed by atoms with Crippen LogP contribution in [0.2, 0.25) is 0 Å². The van der Waals surface area contributed by atoms with Crippen molar-refractivity contribution in [2.24, 2.45) is 4.99 Å². The molecule has 2 aliphatic rings. The number of hydrogen-bond acceptors (Lipinski definition) is 5. The van der Waals surface area contributed by atoms with Crippen molar-refractivity contribution in [2.45, 2.75) is 50.5 Å². The highest BCUT2D eigenvalue weighted by Crippen LogP contribution is 2.45. The summed E-state index contributed by atoms with van der Waals surface area (Å²) in [5, 5.41) is 12.8. The van der Waals surface area contributed by atoms with Gasteiger partial charge >= 0.3 is 5.97 Å². The van der Waals surface area contributed by atoms with Crippen molar-refractivity contribution in [3.8, 4) is 0 Å². The molecule has 3 heterocycles. The van der Waals surface area contributed by atoms with Gasteiger partial charge in [0.05, 0.1) is 33.1 Å². The number of carboxylic acids is 1. The van der Waals surface area contributed by atoms with Gasteiger partial charge < -0.3 is 9.84 Å². The number of hydrogen-bond donors (Lipinski definition) is 2. The van der Waals surface area contributed by atoms with Crippen molar-refractivity contribution in [3.05, 3.63) is 51.3 Å². The molecule has 2 aliphatic heterocycles. The number of nitrogens with one attached hydrogen (secondary N) is 1. The summed E-state index contributed by atoms with van der Waals surface area (Å²) < 4.78 is 7.72. The lowest BCUT2D eigenvalue weighted by Crippen LogP contribution is -2.35. The average molecular weight is 401 g/mol. The Balaban J connectivity index is 1.76. The number of H-pyrrole nitrogens is 1. The zero-order valence-corrected chi connectivity index (χ0v) is 16.9. The van der Waals surface area contributed by atoms with Crippen molar-refractivity contribution in [3.63, 3.8) is 0 Å². The lowest BCUT2D eigenvalue weighted by molar-refractivity contribution is -0.0705. The Morgan fingerprint density at radius 3 is 2.71 bits per heavy atom. The van der Waals surface area contributed by atoms with E-state index in [0.717, 1.165) is 23.4 Å². The minimum atomic E-state index is -0.965. The first kappa shape index (κ1) is 19.0. The van der Waals surface area contributed by atoms with E-state index in [2.05, 4.69) is 23.9 Å². The van der Waals surface area contributed by atoms with Crippen LogP contribution in [0.1, 0.15) is 66.4 Å². The zero-order chi connectivity index (χ0) is 20.1. The molecule has 0 unspecified atom stereocenters. The van der Waals surface area contributed by atoms with Crippen molar-refractivity contribution >= 4 is 28.6 Å². The van der Waals surface area contributed by atoms with Gasteiger partial charge in [0.25, 0.3) is 5.56 Å². The fraction of sp³-hybridized carbons (Fsp3) is 0.450. The van der Waals surface area contributed by atoms with Gasteiger partial charge in [-0.05, 0) is 51.3 Å². The number of carboxylic acid groups (broad SMARTS) is 1. The average Bonchev–Trinajstić information content (AvgIpc) is 2.97. The predicted octanol–water partition coefficient (Wildman–Crippen LogP) is 3.89. The summed E-state index contributed by atoms with van der Waals surface area (Å²) in [6.07, 6.45) is 1.62. The summed E-state index contributed by atoms with van der Waals surface area (Å²) in [5.41, 5.74) is 1.36. The molecule has 1 aromatic carbocycles. The molecule has 0 radical (unpaired) electrons. The smallest absolute Gasteiger partial charge is 0.335 e. The molecule has 2 aromatic rings. The SMILES string of the molecule is CC1=Nc2c(c(=O)[nH]n2[C@@H]2CCOC(C)(C)C2)[C@H](c2ccc(C(=O)O)cc2)S1. The first-order chi connectivity index (χ1) is 13.2. The molecule has 0 bridgehead atoms. The fourth-order valence-corrected chi connectivity index (χ4v) is 5.03. The summed E-state index contributed by atoms with van der Waals surface area (Å²) in [6.45, 7) is 6.70. The molecule has 2 atom stereocenters. The largest absolute Gasteiger partial charge is 0.478 e. The maximum atomic E-state index is 12.9. The van der Waals surface area contributed by atoms with E-state index >= 15 is 0 Å². The van der Waals surface area contributed by atoms with Gasteiger partial charge in [0.1, 0.15) is 0 Å². The molecule has 1 fully saturated rings. The second kappa shape index (κ2) is 6.93. The van der Waals surface area contributed by atoms with E-state index in [0.29, 0.717) is 18.0 Å². The maximum absolute atomic E-state index is 12.9. The fourth-order valence-electron chi connectivity index (χ4n) is 3.93. The summed E-state index contributed by atoms with van der Waals surface area (Å²) in [6, 6.07) is 6.82. The molecule has 0 amide bonds. The molecule has 0 aliphatic carbocycles. The molecular formula is C20H23N3O4S. The Kier molecular flexibility index (Phi) is 4.71. The molecule has 7 nitrogen and oxygen atoms in total. The lowest BCUT2D eigenvalue weighted by atomic mass is 9.94. The molecule has 4 rings (SSSR count). The summed E-state index contributed by atoms with van der Waals surface area (Å²) >= 11 is 1.51. The summed E-state index contributed by atoms with van der Waals surface area (Å²) in [4.78, 5) is 28.7. The number of ether oxygens (including phenoxy) is 1. The van der Waals surface area contributed by atoms with Gasteiger partial charge in [-0.3, -0.25) is 14.6 Å². The minimum Gasteiger partial charge on any atom is -0.478 e. The van der Waals surface area contributed by atoms with E-state index in [1.165, 1.54) is 11.8 Å². The molecule has 1 aromatic heterocycles. The Bertz CT molecular complexity index is 1000. The highest BCUT2D eigenvalue weighted by atomic mass is 32.2. The predicted molar refractivity (Wildman–Crippen MR) is 109 cm³/mol. The number of thioether (sulfide) groups is 1. The number of rotatable bonds is 3. The third-order valence-corrected chi connectivity index (χ3v) is 6.42. The van der Waals surface area contributed by atoms with Gasteiger partial charge in [-0.2, -0.15) is 0 Å². The number of benzene rings is 1. The van der Waals surface area contributed by atoms with Crippen molar-refractivity contribution in [1.29, 1.82) is 0 Å².